The summed E-state index contributed by atoms with van der Waals surface area (Å²) in [4.78, 5) is 12.1. The number of amides is 1. The number of rotatable bonds is 6. The van der Waals surface area contributed by atoms with Crippen LogP contribution >= 0.6 is 0 Å². The van der Waals surface area contributed by atoms with Crippen LogP contribution in [0.15, 0.2) is 53.1 Å². The molecule has 1 heterocycles. The van der Waals surface area contributed by atoms with E-state index in [4.69, 9.17) is 4.52 Å². The van der Waals surface area contributed by atoms with Crippen LogP contribution in [0.2, 0.25) is 0 Å². The topological polar surface area (TPSA) is 71.7 Å². The number of nitrogens with one attached hydrogen (secondary N) is 1. The minimum atomic E-state index is -0.900. The number of carbonyl (C=O) groups is 1. The molecule has 140 valence electrons. The Morgan fingerprint density at radius 3 is 2.59 bits per heavy atom. The second-order valence-electron chi connectivity index (χ2n) is 6.39. The smallest absolute Gasteiger partial charge is 0.281 e. The summed E-state index contributed by atoms with van der Waals surface area (Å²) in [7, 11) is 0. The molecule has 1 amide bonds. The van der Waals surface area contributed by atoms with Crippen molar-refractivity contribution in [3.63, 3.8) is 0 Å². The number of benzene rings is 2. The largest absolute Gasteiger partial charge is 0.338 e. The lowest BCUT2D eigenvalue weighted by Gasteiger charge is -2.10. The molecule has 3 aromatic rings. The average Bonchev–Trinajstić information content (AvgIpc) is 3.11. The van der Waals surface area contributed by atoms with E-state index in [2.05, 4.69) is 10.5 Å². The van der Waals surface area contributed by atoms with Gasteiger partial charge in [0.2, 0.25) is 5.88 Å². The molecule has 0 saturated carbocycles. The van der Waals surface area contributed by atoms with Crippen LogP contribution in [0.5, 0.6) is 0 Å². The molecule has 0 aliphatic rings. The third-order valence-corrected chi connectivity index (χ3v) is 4.25. The first kappa shape index (κ1) is 18.7. The summed E-state index contributed by atoms with van der Waals surface area (Å²) in [5, 5.41) is 8.31. The van der Waals surface area contributed by atoms with E-state index in [1.54, 1.807) is 11.4 Å². The minimum Gasteiger partial charge on any atom is -0.338 e. The van der Waals surface area contributed by atoms with Crippen molar-refractivity contribution in [1.82, 2.24) is 5.16 Å². The Morgan fingerprint density at radius 2 is 1.89 bits per heavy atom. The van der Waals surface area contributed by atoms with Crippen LogP contribution in [0.3, 0.4) is 0 Å². The van der Waals surface area contributed by atoms with E-state index in [-0.39, 0.29) is 24.4 Å². The predicted molar refractivity (Wildman–Crippen MR) is 96.9 cm³/mol. The van der Waals surface area contributed by atoms with Gasteiger partial charge in [0.15, 0.2) is 18.2 Å². The van der Waals surface area contributed by atoms with Crippen LogP contribution in [0.1, 0.15) is 24.1 Å². The average molecular weight is 372 g/mol. The Bertz CT molecular complexity index is 939. The van der Waals surface area contributed by atoms with Crippen molar-refractivity contribution in [1.29, 1.82) is 0 Å². The van der Waals surface area contributed by atoms with Gasteiger partial charge in [0.05, 0.1) is 0 Å². The fourth-order valence-corrected chi connectivity index (χ4v) is 2.60. The number of carbonyl (C=O) groups excluding carboxylic acids is 1. The van der Waals surface area contributed by atoms with Gasteiger partial charge in [0.1, 0.15) is 11.7 Å². The number of nitrogens with two attached hydrogens (primary N) is 1. The molecule has 0 fully saturated rings. The Balaban J connectivity index is 1.55. The van der Waals surface area contributed by atoms with Crippen LogP contribution in [-0.4, -0.2) is 17.6 Å². The highest BCUT2D eigenvalue weighted by atomic mass is 19.2. The first-order valence-corrected chi connectivity index (χ1v) is 8.54. The monoisotopic (exact) mass is 372 g/mol. The summed E-state index contributed by atoms with van der Waals surface area (Å²) in [6.45, 7) is 3.90. The van der Waals surface area contributed by atoms with Crippen LogP contribution in [0.25, 0.3) is 11.3 Å². The zero-order valence-corrected chi connectivity index (χ0v) is 15.0. The van der Waals surface area contributed by atoms with E-state index >= 15 is 0 Å². The van der Waals surface area contributed by atoms with Crippen molar-refractivity contribution in [3.05, 3.63) is 71.3 Å². The molecule has 3 N–H and O–H groups in total. The van der Waals surface area contributed by atoms with E-state index in [0.717, 1.165) is 23.3 Å². The SMILES string of the molecule is Cc1ccc(-c2cc(NC(=O)C[NH2+][C@@H](C)c3ccc(F)c(F)c3)on2)cc1. The molecule has 0 radical (unpaired) electrons. The number of anilines is 1. The van der Waals surface area contributed by atoms with Gasteiger partial charge in [0.25, 0.3) is 5.91 Å². The fourth-order valence-electron chi connectivity index (χ4n) is 2.60. The maximum absolute atomic E-state index is 13.3. The molecule has 5 nitrogen and oxygen atoms in total. The molecule has 3 rings (SSSR count). The molecular weight excluding hydrogens is 352 g/mol. The Morgan fingerprint density at radius 1 is 1.15 bits per heavy atom. The molecule has 1 aromatic heterocycles. The molecule has 0 bridgehead atoms. The number of hydrogen-bond donors (Lipinski definition) is 2. The lowest BCUT2D eigenvalue weighted by atomic mass is 10.1. The summed E-state index contributed by atoms with van der Waals surface area (Å²) >= 11 is 0. The Kier molecular flexibility index (Phi) is 5.61. The second kappa shape index (κ2) is 8.09. The number of aromatic nitrogens is 1. The summed E-state index contributed by atoms with van der Waals surface area (Å²) in [6.07, 6.45) is 0. The summed E-state index contributed by atoms with van der Waals surface area (Å²) in [5.41, 5.74) is 3.26. The second-order valence-corrected chi connectivity index (χ2v) is 6.39. The molecule has 1 atom stereocenters. The molecular formula is C20H20F2N3O2+. The van der Waals surface area contributed by atoms with E-state index in [0.29, 0.717) is 11.3 Å². The van der Waals surface area contributed by atoms with Gasteiger partial charge in [-0.15, -0.1) is 0 Å². The van der Waals surface area contributed by atoms with Crippen molar-refractivity contribution in [2.75, 3.05) is 11.9 Å². The Hall–Kier alpha value is -3.06. The summed E-state index contributed by atoms with van der Waals surface area (Å²) in [6, 6.07) is 13.0. The molecule has 0 spiro atoms. The van der Waals surface area contributed by atoms with Crippen molar-refractivity contribution in [3.8, 4) is 11.3 Å². The summed E-state index contributed by atoms with van der Waals surface area (Å²) in [5.74, 6) is -1.82. The van der Waals surface area contributed by atoms with Gasteiger partial charge in [-0.3, -0.25) is 10.1 Å². The Labute approximate surface area is 155 Å². The van der Waals surface area contributed by atoms with Crippen LogP contribution in [0, 0.1) is 18.6 Å². The maximum atomic E-state index is 13.3. The number of hydrogen-bond acceptors (Lipinski definition) is 3. The quantitative estimate of drug-likeness (QED) is 0.698. The zero-order valence-electron chi connectivity index (χ0n) is 15.0. The molecule has 7 heteroatoms. The minimum absolute atomic E-state index is 0.0979. The third kappa shape index (κ3) is 4.77. The zero-order chi connectivity index (χ0) is 19.4. The van der Waals surface area contributed by atoms with Crippen molar-refractivity contribution < 1.29 is 23.4 Å². The molecule has 0 unspecified atom stereocenters. The van der Waals surface area contributed by atoms with Gasteiger partial charge in [-0.1, -0.05) is 35.0 Å². The van der Waals surface area contributed by atoms with Gasteiger partial charge in [0, 0.05) is 17.2 Å². The van der Waals surface area contributed by atoms with Gasteiger partial charge in [-0.05, 0) is 32.0 Å². The standard InChI is InChI=1S/C20H19F2N3O2/c1-12-3-5-14(6-4-12)18-10-20(27-25-18)24-19(26)11-23-13(2)15-7-8-16(21)17(22)9-15/h3-10,13,23H,11H2,1-2H3,(H,24,26)/p+1/t13-/m0/s1. The normalized spacial score (nSPS) is 12.0. The lowest BCUT2D eigenvalue weighted by Crippen LogP contribution is -2.86. The van der Waals surface area contributed by atoms with Crippen molar-refractivity contribution >= 4 is 11.8 Å². The van der Waals surface area contributed by atoms with Gasteiger partial charge < -0.3 is 9.84 Å². The maximum Gasteiger partial charge on any atom is 0.281 e. The van der Waals surface area contributed by atoms with E-state index in [9.17, 15) is 13.6 Å². The third-order valence-electron chi connectivity index (χ3n) is 4.25. The van der Waals surface area contributed by atoms with E-state index < -0.39 is 11.6 Å². The molecule has 0 aliphatic carbocycles. The molecule has 2 aromatic carbocycles. The highest BCUT2D eigenvalue weighted by Crippen LogP contribution is 2.21. The molecule has 0 saturated heterocycles. The van der Waals surface area contributed by atoms with E-state index in [1.807, 2.05) is 38.1 Å². The van der Waals surface area contributed by atoms with Crippen LogP contribution < -0.4 is 10.6 Å². The van der Waals surface area contributed by atoms with Gasteiger partial charge in [-0.2, -0.15) is 0 Å². The number of halogens is 2. The van der Waals surface area contributed by atoms with E-state index in [1.165, 1.54) is 6.07 Å². The van der Waals surface area contributed by atoms with Crippen molar-refractivity contribution in [2.45, 2.75) is 19.9 Å². The fraction of sp³-hybridized carbons (Fsp3) is 0.200. The molecule has 0 aliphatic heterocycles. The predicted octanol–water partition coefficient (Wildman–Crippen LogP) is 3.19. The number of quaternary nitrogens is 1. The number of aryl methyl sites for hydroxylation is 1. The van der Waals surface area contributed by atoms with Crippen molar-refractivity contribution in [2.24, 2.45) is 0 Å². The lowest BCUT2D eigenvalue weighted by molar-refractivity contribution is -0.682. The first-order valence-electron chi connectivity index (χ1n) is 8.54. The molecule has 27 heavy (non-hydrogen) atoms. The highest BCUT2D eigenvalue weighted by molar-refractivity contribution is 5.90. The van der Waals surface area contributed by atoms with Gasteiger partial charge in [-0.25, -0.2) is 8.78 Å². The highest BCUT2D eigenvalue weighted by Gasteiger charge is 2.15. The van der Waals surface area contributed by atoms with Crippen LogP contribution in [-0.2, 0) is 4.79 Å². The van der Waals surface area contributed by atoms with Gasteiger partial charge >= 0.3 is 0 Å². The number of nitrogens with zero attached hydrogens (tertiary/aromatic N) is 1. The van der Waals surface area contributed by atoms with Crippen LogP contribution in [0.4, 0.5) is 14.7 Å². The summed E-state index contributed by atoms with van der Waals surface area (Å²) < 4.78 is 31.5. The first-order chi connectivity index (χ1) is 12.9.